The molecular weight excluding hydrogens is 410 g/mol. The Morgan fingerprint density at radius 1 is 1.00 bits per heavy atom. The van der Waals surface area contributed by atoms with E-state index in [1.54, 1.807) is 18.4 Å². The van der Waals surface area contributed by atoms with Gasteiger partial charge in [-0.15, -0.1) is 10.2 Å². The minimum absolute atomic E-state index is 0.0387. The summed E-state index contributed by atoms with van der Waals surface area (Å²) in [4.78, 5) is 12.7. The predicted molar refractivity (Wildman–Crippen MR) is 118 cm³/mol. The largest absolute Gasteiger partial charge is 0.467 e. The first-order valence-electron chi connectivity index (χ1n) is 10.2. The van der Waals surface area contributed by atoms with Gasteiger partial charge in [0.2, 0.25) is 0 Å². The van der Waals surface area contributed by atoms with Crippen LogP contribution in [0.3, 0.4) is 0 Å². The van der Waals surface area contributed by atoms with Crippen molar-refractivity contribution in [3.63, 3.8) is 0 Å². The average Bonchev–Trinajstić information content (AvgIpc) is 3.36. The highest BCUT2D eigenvalue weighted by Gasteiger charge is 2.30. The van der Waals surface area contributed by atoms with Crippen LogP contribution in [0, 0.1) is 0 Å². The fraction of sp³-hybridized carbons (Fsp3) is 0.208. The molecule has 0 radical (unpaired) electrons. The smallest absolute Gasteiger partial charge is 0.192 e. The lowest BCUT2D eigenvalue weighted by Crippen LogP contribution is -2.07. The molecule has 4 aromatic rings. The standard InChI is InChI=1S/C24H21N3O3S/c28-22(17-10-12-20(13-11-17)30-19-5-2-1-3-6-19)16-31-24-26-25-23(18-8-9-18)27(24)15-21-7-4-14-29-21/h1-7,10-14,18H,8-9,15-16H2. The number of benzene rings is 2. The second kappa shape index (κ2) is 8.81. The van der Waals surface area contributed by atoms with E-state index in [-0.39, 0.29) is 5.78 Å². The Morgan fingerprint density at radius 2 is 1.77 bits per heavy atom. The minimum Gasteiger partial charge on any atom is -0.467 e. The first-order valence-corrected chi connectivity index (χ1v) is 11.2. The third kappa shape index (κ3) is 4.72. The van der Waals surface area contributed by atoms with Crippen molar-refractivity contribution in [2.24, 2.45) is 0 Å². The predicted octanol–water partition coefficient (Wildman–Crippen LogP) is 5.56. The van der Waals surface area contributed by atoms with E-state index in [1.807, 2.05) is 54.6 Å². The van der Waals surface area contributed by atoms with Gasteiger partial charge in [0.15, 0.2) is 10.9 Å². The highest BCUT2D eigenvalue weighted by Crippen LogP contribution is 2.40. The van der Waals surface area contributed by atoms with Crippen LogP contribution in [-0.2, 0) is 6.54 Å². The zero-order valence-corrected chi connectivity index (χ0v) is 17.6. The number of hydrogen-bond donors (Lipinski definition) is 0. The maximum absolute atomic E-state index is 12.7. The van der Waals surface area contributed by atoms with Crippen LogP contribution in [0.5, 0.6) is 11.5 Å². The van der Waals surface area contributed by atoms with Gasteiger partial charge in [-0.2, -0.15) is 0 Å². The number of Topliss-reactive ketones (excluding diaryl/α,β-unsaturated/α-hetero) is 1. The summed E-state index contributed by atoms with van der Waals surface area (Å²) in [5, 5.41) is 9.48. The Balaban J connectivity index is 1.24. The topological polar surface area (TPSA) is 70.2 Å². The summed E-state index contributed by atoms with van der Waals surface area (Å²) in [5.74, 6) is 4.08. The third-order valence-corrected chi connectivity index (χ3v) is 6.04. The fourth-order valence-corrected chi connectivity index (χ4v) is 4.14. The fourth-order valence-electron chi connectivity index (χ4n) is 3.30. The SMILES string of the molecule is O=C(CSc1nnc(C2CC2)n1Cc1ccco1)c1ccc(Oc2ccccc2)cc1. The molecular formula is C24H21N3O3S. The number of ether oxygens (including phenoxy) is 1. The van der Waals surface area contributed by atoms with E-state index >= 15 is 0 Å². The molecule has 2 heterocycles. The van der Waals surface area contributed by atoms with Crippen molar-refractivity contribution in [3.8, 4) is 11.5 Å². The highest BCUT2D eigenvalue weighted by molar-refractivity contribution is 7.99. The van der Waals surface area contributed by atoms with Crippen LogP contribution in [0.1, 0.15) is 40.7 Å². The Labute approximate surface area is 184 Å². The summed E-state index contributed by atoms with van der Waals surface area (Å²) in [5.41, 5.74) is 0.646. The maximum Gasteiger partial charge on any atom is 0.192 e. The van der Waals surface area contributed by atoms with E-state index in [0.29, 0.717) is 29.5 Å². The van der Waals surface area contributed by atoms with Crippen molar-refractivity contribution in [2.45, 2.75) is 30.5 Å². The lowest BCUT2D eigenvalue weighted by molar-refractivity contribution is 0.102. The van der Waals surface area contributed by atoms with Crippen molar-refractivity contribution >= 4 is 17.5 Å². The molecule has 0 atom stereocenters. The summed E-state index contributed by atoms with van der Waals surface area (Å²) in [6, 6.07) is 20.6. The molecule has 1 fully saturated rings. The zero-order chi connectivity index (χ0) is 21.0. The van der Waals surface area contributed by atoms with E-state index in [0.717, 1.165) is 35.3 Å². The molecule has 6 nitrogen and oxygen atoms in total. The second-order valence-electron chi connectivity index (χ2n) is 7.43. The molecule has 2 aromatic carbocycles. The number of hydrogen-bond acceptors (Lipinski definition) is 6. The molecule has 7 heteroatoms. The van der Waals surface area contributed by atoms with Gasteiger partial charge < -0.3 is 9.15 Å². The van der Waals surface area contributed by atoms with Crippen molar-refractivity contribution < 1.29 is 13.9 Å². The Bertz CT molecular complexity index is 1150. The lowest BCUT2D eigenvalue weighted by atomic mass is 10.1. The molecule has 1 aliphatic rings. The van der Waals surface area contributed by atoms with Gasteiger partial charge in [0.05, 0.1) is 18.6 Å². The summed E-state index contributed by atoms with van der Waals surface area (Å²) in [6.07, 6.45) is 3.94. The van der Waals surface area contributed by atoms with Crippen molar-refractivity contribution in [3.05, 3.63) is 90.1 Å². The Kier molecular flexibility index (Phi) is 5.58. The number of aromatic nitrogens is 3. The van der Waals surface area contributed by atoms with Gasteiger partial charge in [-0.05, 0) is 61.4 Å². The molecule has 1 saturated carbocycles. The van der Waals surface area contributed by atoms with Gasteiger partial charge in [0.1, 0.15) is 23.1 Å². The molecule has 0 aliphatic heterocycles. The zero-order valence-electron chi connectivity index (χ0n) is 16.8. The van der Waals surface area contributed by atoms with Crippen molar-refractivity contribution in [1.82, 2.24) is 14.8 Å². The van der Waals surface area contributed by atoms with Gasteiger partial charge in [-0.1, -0.05) is 30.0 Å². The minimum atomic E-state index is 0.0387. The Hall–Kier alpha value is -3.32. The van der Waals surface area contributed by atoms with Gasteiger partial charge in [0.25, 0.3) is 0 Å². The monoisotopic (exact) mass is 431 g/mol. The van der Waals surface area contributed by atoms with Gasteiger partial charge in [-0.25, -0.2) is 0 Å². The van der Waals surface area contributed by atoms with E-state index in [2.05, 4.69) is 14.8 Å². The molecule has 0 spiro atoms. The molecule has 0 bridgehead atoms. The normalized spacial score (nSPS) is 13.3. The number of ketones is 1. The van der Waals surface area contributed by atoms with Crippen LogP contribution in [-0.4, -0.2) is 26.3 Å². The first-order chi connectivity index (χ1) is 15.3. The van der Waals surface area contributed by atoms with Crippen LogP contribution in [0.2, 0.25) is 0 Å². The molecule has 0 saturated heterocycles. The second-order valence-corrected chi connectivity index (χ2v) is 8.37. The average molecular weight is 432 g/mol. The van der Waals surface area contributed by atoms with Gasteiger partial charge in [-0.3, -0.25) is 9.36 Å². The Morgan fingerprint density at radius 3 is 2.48 bits per heavy atom. The molecule has 31 heavy (non-hydrogen) atoms. The molecule has 0 N–H and O–H groups in total. The van der Waals surface area contributed by atoms with E-state index in [1.165, 1.54) is 11.8 Å². The quantitative estimate of drug-likeness (QED) is 0.255. The molecule has 0 amide bonds. The maximum atomic E-state index is 12.7. The highest BCUT2D eigenvalue weighted by atomic mass is 32.2. The number of para-hydroxylation sites is 1. The molecule has 156 valence electrons. The van der Waals surface area contributed by atoms with Crippen molar-refractivity contribution in [2.75, 3.05) is 5.75 Å². The number of carbonyl (C=O) groups excluding carboxylic acids is 1. The third-order valence-electron chi connectivity index (χ3n) is 5.07. The van der Waals surface area contributed by atoms with Gasteiger partial charge >= 0.3 is 0 Å². The summed E-state index contributed by atoms with van der Waals surface area (Å²) in [6.45, 7) is 0.577. The van der Waals surface area contributed by atoms with E-state index < -0.39 is 0 Å². The summed E-state index contributed by atoms with van der Waals surface area (Å²) >= 11 is 1.41. The molecule has 1 aliphatic carbocycles. The van der Waals surface area contributed by atoms with E-state index in [4.69, 9.17) is 9.15 Å². The lowest BCUT2D eigenvalue weighted by Gasteiger charge is -2.08. The van der Waals surface area contributed by atoms with Crippen molar-refractivity contribution in [1.29, 1.82) is 0 Å². The summed E-state index contributed by atoms with van der Waals surface area (Å²) in [7, 11) is 0. The molecule has 0 unspecified atom stereocenters. The molecule has 5 rings (SSSR count). The van der Waals surface area contributed by atoms with Gasteiger partial charge in [0, 0.05) is 11.5 Å². The van der Waals surface area contributed by atoms with E-state index in [9.17, 15) is 4.79 Å². The van der Waals surface area contributed by atoms with Crippen LogP contribution in [0.25, 0.3) is 0 Å². The number of carbonyl (C=O) groups is 1. The first kappa shape index (κ1) is 19.6. The van der Waals surface area contributed by atoms with Crippen LogP contribution < -0.4 is 4.74 Å². The number of nitrogens with zero attached hydrogens (tertiary/aromatic N) is 3. The number of rotatable bonds is 9. The van der Waals surface area contributed by atoms with Crippen LogP contribution in [0.4, 0.5) is 0 Å². The van der Waals surface area contributed by atoms with Crippen LogP contribution in [0.15, 0.2) is 82.6 Å². The number of thioether (sulfide) groups is 1. The summed E-state index contributed by atoms with van der Waals surface area (Å²) < 4.78 is 13.4. The number of furan rings is 1. The molecule has 2 aromatic heterocycles. The van der Waals surface area contributed by atoms with Crippen LogP contribution >= 0.6 is 11.8 Å².